The summed E-state index contributed by atoms with van der Waals surface area (Å²) >= 11 is 0. The van der Waals surface area contributed by atoms with Crippen molar-refractivity contribution in [1.29, 1.82) is 0 Å². The number of methoxy groups -OCH3 is 2. The minimum absolute atomic E-state index is 0.0514. The van der Waals surface area contributed by atoms with Gasteiger partial charge in [0.15, 0.2) is 23.0 Å². The van der Waals surface area contributed by atoms with Gasteiger partial charge in [0.2, 0.25) is 12.5 Å². The zero-order valence-corrected chi connectivity index (χ0v) is 17.4. The largest absolute Gasteiger partial charge is 0.493 e. The van der Waals surface area contributed by atoms with E-state index < -0.39 is 5.97 Å². The van der Waals surface area contributed by atoms with Gasteiger partial charge in [-0.1, -0.05) is 0 Å². The number of rotatable bonds is 4. The third-order valence-corrected chi connectivity index (χ3v) is 6.12. The van der Waals surface area contributed by atoms with Crippen molar-refractivity contribution in [3.63, 3.8) is 0 Å². The van der Waals surface area contributed by atoms with Crippen LogP contribution in [0.25, 0.3) is 0 Å². The van der Waals surface area contributed by atoms with Crippen LogP contribution < -0.4 is 23.7 Å². The third-order valence-electron chi connectivity index (χ3n) is 6.12. The topological polar surface area (TPSA) is 89.5 Å². The van der Waals surface area contributed by atoms with Gasteiger partial charge < -0.3 is 28.4 Å². The van der Waals surface area contributed by atoms with Gasteiger partial charge in [-0.05, 0) is 47.4 Å². The molecule has 2 aliphatic heterocycles. The van der Waals surface area contributed by atoms with Gasteiger partial charge in [-0.3, -0.25) is 9.59 Å². The van der Waals surface area contributed by atoms with Gasteiger partial charge in [0, 0.05) is 18.8 Å². The van der Waals surface area contributed by atoms with Crippen LogP contribution in [0.2, 0.25) is 0 Å². The summed E-state index contributed by atoms with van der Waals surface area (Å²) in [6.07, 6.45) is 0.721. The van der Waals surface area contributed by atoms with Crippen LogP contribution in [0.5, 0.6) is 28.7 Å². The fourth-order valence-electron chi connectivity index (χ4n) is 4.83. The molecular weight excluding hydrogens is 404 g/mol. The number of ether oxygens (including phenoxy) is 6. The van der Waals surface area contributed by atoms with E-state index in [1.165, 1.54) is 21.1 Å². The standard InChI is InChI=1S/C23H22O8/c1-11(24)31-22-18(26-2)6-13(7-19(22)27-3)20-15-8-17-16(29-10-30-17)5-12(15)4-14-9-28-23(25)21(14)20/h5-8,14,20-21H,4,9-10H2,1-3H3/t14-,20+,21-/m0/s1. The second-order valence-electron chi connectivity index (χ2n) is 7.85. The molecule has 1 saturated heterocycles. The molecular formula is C23H22O8. The van der Waals surface area contributed by atoms with Crippen LogP contribution in [0, 0.1) is 11.8 Å². The molecule has 0 unspecified atom stereocenters. The van der Waals surface area contributed by atoms with Crippen LogP contribution in [0.1, 0.15) is 29.5 Å². The summed E-state index contributed by atoms with van der Waals surface area (Å²) in [4.78, 5) is 24.3. The van der Waals surface area contributed by atoms with E-state index in [0.29, 0.717) is 29.6 Å². The number of fused-ring (bicyclic) bond motifs is 3. The van der Waals surface area contributed by atoms with E-state index in [0.717, 1.165) is 23.1 Å². The highest BCUT2D eigenvalue weighted by Gasteiger charge is 2.48. The fourth-order valence-corrected chi connectivity index (χ4v) is 4.83. The number of benzene rings is 2. The maximum atomic E-state index is 12.7. The summed E-state index contributed by atoms with van der Waals surface area (Å²) in [5.41, 5.74) is 2.88. The van der Waals surface area contributed by atoms with Crippen molar-refractivity contribution in [3.05, 3.63) is 41.0 Å². The molecule has 2 heterocycles. The molecule has 1 aliphatic carbocycles. The number of esters is 2. The first kappa shape index (κ1) is 19.5. The van der Waals surface area contributed by atoms with E-state index in [1.54, 1.807) is 12.1 Å². The van der Waals surface area contributed by atoms with E-state index in [1.807, 2.05) is 12.1 Å². The van der Waals surface area contributed by atoms with Gasteiger partial charge in [0.1, 0.15) is 0 Å². The van der Waals surface area contributed by atoms with Crippen LogP contribution in [0.15, 0.2) is 24.3 Å². The molecule has 8 nitrogen and oxygen atoms in total. The molecule has 8 heteroatoms. The second-order valence-corrected chi connectivity index (χ2v) is 7.85. The van der Waals surface area contributed by atoms with Gasteiger partial charge in [-0.25, -0.2) is 0 Å². The lowest BCUT2D eigenvalue weighted by molar-refractivity contribution is -0.141. The Morgan fingerprint density at radius 1 is 1.00 bits per heavy atom. The van der Waals surface area contributed by atoms with Crippen molar-refractivity contribution >= 4 is 11.9 Å². The van der Waals surface area contributed by atoms with Crippen molar-refractivity contribution in [3.8, 4) is 28.7 Å². The van der Waals surface area contributed by atoms with Gasteiger partial charge in [0.05, 0.1) is 26.7 Å². The van der Waals surface area contributed by atoms with E-state index in [2.05, 4.69) is 0 Å². The summed E-state index contributed by atoms with van der Waals surface area (Å²) in [5.74, 6) is 0.962. The lowest BCUT2D eigenvalue weighted by Gasteiger charge is -2.34. The summed E-state index contributed by atoms with van der Waals surface area (Å²) in [6, 6.07) is 7.51. The molecule has 0 radical (unpaired) electrons. The smallest absolute Gasteiger partial charge is 0.310 e. The predicted molar refractivity (Wildman–Crippen MR) is 107 cm³/mol. The summed E-state index contributed by atoms with van der Waals surface area (Å²) < 4.78 is 32.9. The highest BCUT2D eigenvalue weighted by molar-refractivity contribution is 5.79. The van der Waals surface area contributed by atoms with Crippen LogP contribution in [-0.2, 0) is 20.7 Å². The van der Waals surface area contributed by atoms with Crippen molar-refractivity contribution < 1.29 is 38.0 Å². The number of hydrogen-bond donors (Lipinski definition) is 0. The molecule has 3 atom stereocenters. The quantitative estimate of drug-likeness (QED) is 0.545. The van der Waals surface area contributed by atoms with Crippen LogP contribution in [0.3, 0.4) is 0 Å². The molecule has 0 spiro atoms. The molecule has 0 N–H and O–H groups in total. The Morgan fingerprint density at radius 2 is 1.68 bits per heavy atom. The summed E-state index contributed by atoms with van der Waals surface area (Å²) in [6.45, 7) is 1.87. The highest BCUT2D eigenvalue weighted by Crippen LogP contribution is 2.52. The third kappa shape index (κ3) is 3.13. The summed E-state index contributed by atoms with van der Waals surface area (Å²) in [5, 5.41) is 0. The number of carbonyl (C=O) groups is 2. The lowest BCUT2D eigenvalue weighted by Crippen LogP contribution is -2.31. The average molecular weight is 426 g/mol. The summed E-state index contributed by atoms with van der Waals surface area (Å²) in [7, 11) is 2.98. The van der Waals surface area contributed by atoms with Gasteiger partial charge >= 0.3 is 11.9 Å². The van der Waals surface area contributed by atoms with Crippen LogP contribution in [-0.4, -0.2) is 39.6 Å². The molecule has 0 bridgehead atoms. The number of hydrogen-bond acceptors (Lipinski definition) is 8. The lowest BCUT2D eigenvalue weighted by atomic mass is 9.67. The number of cyclic esters (lactones) is 1. The molecule has 0 saturated carbocycles. The SMILES string of the molecule is COc1cc([C@@H]2c3cc4c(cc3C[C@H]3COC(=O)[C@@H]32)OCO4)cc(OC)c1OC(C)=O. The predicted octanol–water partition coefficient (Wildman–Crippen LogP) is 2.84. The molecule has 3 aliphatic rings. The Kier molecular flexibility index (Phi) is 4.64. The molecule has 0 aromatic heterocycles. The monoisotopic (exact) mass is 426 g/mol. The van der Waals surface area contributed by atoms with Gasteiger partial charge in [-0.2, -0.15) is 0 Å². The Morgan fingerprint density at radius 3 is 2.32 bits per heavy atom. The first-order valence-corrected chi connectivity index (χ1v) is 10.0. The minimum Gasteiger partial charge on any atom is -0.493 e. The number of carbonyl (C=O) groups excluding carboxylic acids is 2. The Bertz CT molecular complexity index is 1050. The first-order chi connectivity index (χ1) is 15.0. The zero-order chi connectivity index (χ0) is 21.7. The van der Waals surface area contributed by atoms with Crippen molar-refractivity contribution in [2.45, 2.75) is 19.3 Å². The van der Waals surface area contributed by atoms with Crippen LogP contribution >= 0.6 is 0 Å². The maximum Gasteiger partial charge on any atom is 0.310 e. The molecule has 5 rings (SSSR count). The highest BCUT2D eigenvalue weighted by atomic mass is 16.7. The van der Waals surface area contributed by atoms with Crippen LogP contribution in [0.4, 0.5) is 0 Å². The minimum atomic E-state index is -0.487. The van der Waals surface area contributed by atoms with E-state index in [-0.39, 0.29) is 36.3 Å². The van der Waals surface area contributed by atoms with Crippen molar-refractivity contribution in [1.82, 2.24) is 0 Å². The molecule has 2 aromatic carbocycles. The molecule has 2 aromatic rings. The molecule has 31 heavy (non-hydrogen) atoms. The van der Waals surface area contributed by atoms with E-state index in [9.17, 15) is 9.59 Å². The zero-order valence-electron chi connectivity index (χ0n) is 17.4. The molecule has 162 valence electrons. The fraction of sp³-hybridized carbons (Fsp3) is 0.391. The Labute approximate surface area is 178 Å². The van der Waals surface area contributed by atoms with Crippen molar-refractivity contribution in [2.75, 3.05) is 27.6 Å². The van der Waals surface area contributed by atoms with Gasteiger partial charge in [-0.15, -0.1) is 0 Å². The van der Waals surface area contributed by atoms with E-state index >= 15 is 0 Å². The molecule has 1 fully saturated rings. The Balaban J connectivity index is 1.69. The normalized spacial score (nSPS) is 22.9. The van der Waals surface area contributed by atoms with E-state index in [4.69, 9.17) is 28.4 Å². The molecule has 0 amide bonds. The maximum absolute atomic E-state index is 12.7. The second kappa shape index (κ2) is 7.37. The average Bonchev–Trinajstić information content (AvgIpc) is 3.36. The van der Waals surface area contributed by atoms with Crippen molar-refractivity contribution in [2.24, 2.45) is 11.8 Å². The first-order valence-electron chi connectivity index (χ1n) is 10.0. The Hall–Kier alpha value is -3.42. The van der Waals surface area contributed by atoms with Gasteiger partial charge in [0.25, 0.3) is 0 Å².